The number of methoxy groups -OCH3 is 2. The number of ether oxygens (including phenoxy) is 2. The molecular formula is C18H15N3O2. The van der Waals surface area contributed by atoms with E-state index in [1.807, 2.05) is 42.5 Å². The van der Waals surface area contributed by atoms with E-state index in [4.69, 9.17) is 9.47 Å². The lowest BCUT2D eigenvalue weighted by Crippen LogP contribution is -1.93. The number of aromatic amines is 1. The smallest absolute Gasteiger partial charge is 0.167 e. The van der Waals surface area contributed by atoms with Crippen molar-refractivity contribution in [1.82, 2.24) is 9.97 Å². The summed E-state index contributed by atoms with van der Waals surface area (Å²) in [6.45, 7) is 0. The van der Waals surface area contributed by atoms with Crippen molar-refractivity contribution in [3.63, 3.8) is 0 Å². The molecule has 0 unspecified atom stereocenters. The van der Waals surface area contributed by atoms with Gasteiger partial charge in [0.1, 0.15) is 11.9 Å². The van der Waals surface area contributed by atoms with Crippen LogP contribution in [0.4, 0.5) is 0 Å². The Hall–Kier alpha value is -3.26. The number of nitriles is 1. The standard InChI is InChI=1S/C18H15N3O2/c1-22-16-9-5-6-12(17(16)23-2)10-13(11-19)18-20-14-7-3-4-8-15(14)21-18/h3-10H,1-2H3,(H,20,21). The van der Waals surface area contributed by atoms with Gasteiger partial charge in [0, 0.05) is 5.56 Å². The molecule has 2 aromatic carbocycles. The lowest BCUT2D eigenvalue weighted by atomic mass is 10.1. The van der Waals surface area contributed by atoms with Crippen LogP contribution in [0.15, 0.2) is 42.5 Å². The first kappa shape index (κ1) is 14.7. The van der Waals surface area contributed by atoms with Gasteiger partial charge in [0.15, 0.2) is 11.5 Å². The fraction of sp³-hybridized carbons (Fsp3) is 0.111. The van der Waals surface area contributed by atoms with Crippen LogP contribution in [0.3, 0.4) is 0 Å². The van der Waals surface area contributed by atoms with Crippen LogP contribution in [-0.2, 0) is 0 Å². The Kier molecular flexibility index (Phi) is 3.98. The van der Waals surface area contributed by atoms with Crippen LogP contribution in [0.2, 0.25) is 0 Å². The van der Waals surface area contributed by atoms with Gasteiger partial charge in [-0.3, -0.25) is 0 Å². The van der Waals surface area contributed by atoms with Crippen molar-refractivity contribution in [1.29, 1.82) is 5.26 Å². The maximum Gasteiger partial charge on any atom is 0.167 e. The number of hydrogen-bond acceptors (Lipinski definition) is 4. The quantitative estimate of drug-likeness (QED) is 0.747. The maximum atomic E-state index is 9.51. The molecule has 5 nitrogen and oxygen atoms in total. The molecule has 0 spiro atoms. The molecule has 1 N–H and O–H groups in total. The third-order valence-corrected chi connectivity index (χ3v) is 3.50. The van der Waals surface area contributed by atoms with Crippen LogP contribution in [0.5, 0.6) is 11.5 Å². The van der Waals surface area contributed by atoms with Gasteiger partial charge >= 0.3 is 0 Å². The predicted molar refractivity (Wildman–Crippen MR) is 89.1 cm³/mol. The Balaban J connectivity index is 2.11. The van der Waals surface area contributed by atoms with E-state index in [1.165, 1.54) is 0 Å². The maximum absolute atomic E-state index is 9.51. The number of nitrogens with zero attached hydrogens (tertiary/aromatic N) is 2. The summed E-state index contributed by atoms with van der Waals surface area (Å²) in [7, 11) is 3.15. The van der Waals surface area contributed by atoms with Gasteiger partial charge in [-0.05, 0) is 24.3 Å². The lowest BCUT2D eigenvalue weighted by molar-refractivity contribution is 0.354. The first-order valence-electron chi connectivity index (χ1n) is 7.04. The van der Waals surface area contributed by atoms with Crippen molar-refractivity contribution in [2.75, 3.05) is 14.2 Å². The third kappa shape index (κ3) is 2.74. The van der Waals surface area contributed by atoms with Gasteiger partial charge in [0.2, 0.25) is 0 Å². The molecule has 5 heteroatoms. The Bertz CT molecular complexity index is 886. The topological polar surface area (TPSA) is 70.9 Å². The van der Waals surface area contributed by atoms with E-state index in [0.717, 1.165) is 16.6 Å². The molecule has 0 saturated carbocycles. The number of benzene rings is 2. The molecule has 0 amide bonds. The first-order valence-corrected chi connectivity index (χ1v) is 7.04. The lowest BCUT2D eigenvalue weighted by Gasteiger charge is -2.10. The second-order valence-electron chi connectivity index (χ2n) is 4.86. The van der Waals surface area contributed by atoms with Gasteiger partial charge in [0.25, 0.3) is 0 Å². The van der Waals surface area contributed by atoms with E-state index in [2.05, 4.69) is 16.0 Å². The minimum Gasteiger partial charge on any atom is -0.493 e. The SMILES string of the molecule is COc1cccc(C=C(C#N)c2nc3ccccc3[nH]2)c1OC. The molecule has 0 aliphatic heterocycles. The summed E-state index contributed by atoms with van der Waals surface area (Å²) in [6, 6.07) is 15.4. The molecule has 0 aliphatic carbocycles. The highest BCUT2D eigenvalue weighted by Crippen LogP contribution is 2.33. The van der Waals surface area contributed by atoms with Crippen molar-refractivity contribution < 1.29 is 9.47 Å². The number of H-pyrrole nitrogens is 1. The highest BCUT2D eigenvalue weighted by atomic mass is 16.5. The monoisotopic (exact) mass is 305 g/mol. The summed E-state index contributed by atoms with van der Waals surface area (Å²) in [4.78, 5) is 7.62. The number of hydrogen-bond donors (Lipinski definition) is 1. The van der Waals surface area contributed by atoms with Crippen molar-refractivity contribution in [3.05, 3.63) is 53.9 Å². The van der Waals surface area contributed by atoms with Gasteiger partial charge < -0.3 is 14.5 Å². The second-order valence-corrected chi connectivity index (χ2v) is 4.86. The number of para-hydroxylation sites is 3. The number of imidazole rings is 1. The van der Waals surface area contributed by atoms with Gasteiger partial charge in [0.05, 0.1) is 30.8 Å². The van der Waals surface area contributed by atoms with Gasteiger partial charge in [-0.15, -0.1) is 0 Å². The number of nitrogens with one attached hydrogen (secondary N) is 1. The molecule has 0 bridgehead atoms. The molecule has 3 aromatic rings. The Morgan fingerprint density at radius 1 is 1.13 bits per heavy atom. The van der Waals surface area contributed by atoms with Gasteiger partial charge in [-0.25, -0.2) is 4.98 Å². The number of aromatic nitrogens is 2. The third-order valence-electron chi connectivity index (χ3n) is 3.50. The van der Waals surface area contributed by atoms with Gasteiger partial charge in [-0.1, -0.05) is 24.3 Å². The van der Waals surface area contributed by atoms with Crippen LogP contribution < -0.4 is 9.47 Å². The van der Waals surface area contributed by atoms with E-state index in [9.17, 15) is 5.26 Å². The summed E-state index contributed by atoms with van der Waals surface area (Å²) in [5, 5.41) is 9.51. The molecule has 1 aromatic heterocycles. The number of rotatable bonds is 4. The summed E-state index contributed by atoms with van der Waals surface area (Å²) in [6.07, 6.45) is 1.74. The van der Waals surface area contributed by atoms with Crippen LogP contribution >= 0.6 is 0 Å². The molecule has 0 aliphatic rings. The highest BCUT2D eigenvalue weighted by molar-refractivity contribution is 5.91. The number of fused-ring (bicyclic) bond motifs is 1. The van der Waals surface area contributed by atoms with E-state index in [-0.39, 0.29) is 0 Å². The number of allylic oxidation sites excluding steroid dienone is 1. The molecule has 114 valence electrons. The first-order chi connectivity index (χ1) is 11.3. The molecule has 23 heavy (non-hydrogen) atoms. The molecule has 0 fully saturated rings. The van der Waals surface area contributed by atoms with Crippen molar-refractivity contribution in [2.45, 2.75) is 0 Å². The fourth-order valence-corrected chi connectivity index (χ4v) is 2.42. The summed E-state index contributed by atoms with van der Waals surface area (Å²) < 4.78 is 10.7. The molecule has 1 heterocycles. The van der Waals surface area contributed by atoms with Crippen LogP contribution in [0.25, 0.3) is 22.7 Å². The average molecular weight is 305 g/mol. The van der Waals surface area contributed by atoms with Crippen molar-refractivity contribution in [2.24, 2.45) is 0 Å². The minimum absolute atomic E-state index is 0.424. The molecule has 0 saturated heterocycles. The summed E-state index contributed by atoms with van der Waals surface area (Å²) in [5.74, 6) is 1.72. The second kappa shape index (κ2) is 6.24. The van der Waals surface area contributed by atoms with Crippen molar-refractivity contribution in [3.8, 4) is 17.6 Å². The predicted octanol–water partition coefficient (Wildman–Crippen LogP) is 3.64. The summed E-state index contributed by atoms with van der Waals surface area (Å²) >= 11 is 0. The van der Waals surface area contributed by atoms with Crippen LogP contribution in [0, 0.1) is 11.3 Å². The summed E-state index contributed by atoms with van der Waals surface area (Å²) in [5.41, 5.74) is 2.89. The minimum atomic E-state index is 0.424. The Labute approximate surface area is 133 Å². The fourth-order valence-electron chi connectivity index (χ4n) is 2.42. The Morgan fingerprint density at radius 2 is 1.96 bits per heavy atom. The zero-order valence-electron chi connectivity index (χ0n) is 12.8. The Morgan fingerprint density at radius 3 is 2.65 bits per heavy atom. The molecule has 0 atom stereocenters. The van der Waals surface area contributed by atoms with E-state index in [1.54, 1.807) is 20.3 Å². The molecule has 0 radical (unpaired) electrons. The van der Waals surface area contributed by atoms with E-state index in [0.29, 0.717) is 22.9 Å². The zero-order chi connectivity index (χ0) is 16.2. The molecular weight excluding hydrogens is 290 g/mol. The van der Waals surface area contributed by atoms with Crippen LogP contribution in [0.1, 0.15) is 11.4 Å². The molecule has 3 rings (SSSR count). The van der Waals surface area contributed by atoms with E-state index < -0.39 is 0 Å². The van der Waals surface area contributed by atoms with E-state index >= 15 is 0 Å². The normalized spacial score (nSPS) is 11.3. The average Bonchev–Trinajstić information content (AvgIpc) is 3.02. The largest absolute Gasteiger partial charge is 0.493 e. The van der Waals surface area contributed by atoms with Crippen molar-refractivity contribution >= 4 is 22.7 Å². The van der Waals surface area contributed by atoms with Crippen LogP contribution in [-0.4, -0.2) is 24.2 Å². The zero-order valence-corrected chi connectivity index (χ0v) is 12.8. The highest BCUT2D eigenvalue weighted by Gasteiger charge is 2.12. The van der Waals surface area contributed by atoms with Gasteiger partial charge in [-0.2, -0.15) is 5.26 Å².